The first-order valence-electron chi connectivity index (χ1n) is 10.2. The highest BCUT2D eigenvalue weighted by Gasteiger charge is 2.59. The van der Waals surface area contributed by atoms with Crippen LogP contribution in [-0.4, -0.2) is 58.4 Å². The van der Waals surface area contributed by atoms with E-state index in [0.717, 1.165) is 12.8 Å². The number of benzene rings is 1. The van der Waals surface area contributed by atoms with Crippen molar-refractivity contribution in [2.45, 2.75) is 68.2 Å². The van der Waals surface area contributed by atoms with E-state index < -0.39 is 42.2 Å². The van der Waals surface area contributed by atoms with Crippen molar-refractivity contribution >= 4 is 11.8 Å². The van der Waals surface area contributed by atoms with Gasteiger partial charge in [0.25, 0.3) is 0 Å². The number of Topliss-reactive ketones (excluding diaryl/α,β-unsaturated/α-hetero) is 1. The molecular formula is C22H23F2NO4. The zero-order valence-corrected chi connectivity index (χ0v) is 15.8. The Bertz CT molecular complexity index is 860. The van der Waals surface area contributed by atoms with Gasteiger partial charge in [-0.15, -0.1) is 0 Å². The highest BCUT2D eigenvalue weighted by Crippen LogP contribution is 2.48. The van der Waals surface area contributed by atoms with Crippen molar-refractivity contribution in [1.29, 1.82) is 0 Å². The third kappa shape index (κ3) is 2.89. The first kappa shape index (κ1) is 18.7. The summed E-state index contributed by atoms with van der Waals surface area (Å²) in [5.74, 6) is -2.56. The fourth-order valence-electron chi connectivity index (χ4n) is 5.74. The average molecular weight is 403 g/mol. The smallest absolute Gasteiger partial charge is 0.340 e. The van der Waals surface area contributed by atoms with Gasteiger partial charge in [-0.25, -0.2) is 13.6 Å². The molecule has 2 aliphatic carbocycles. The van der Waals surface area contributed by atoms with E-state index >= 15 is 0 Å². The summed E-state index contributed by atoms with van der Waals surface area (Å²) in [4.78, 5) is 26.1. The van der Waals surface area contributed by atoms with Crippen molar-refractivity contribution in [3.63, 3.8) is 0 Å². The summed E-state index contributed by atoms with van der Waals surface area (Å²) < 4.78 is 35.3. The Kier molecular flexibility index (Phi) is 4.46. The lowest BCUT2D eigenvalue weighted by molar-refractivity contribution is -0.211. The van der Waals surface area contributed by atoms with E-state index in [2.05, 4.69) is 12.1 Å². The second-order valence-corrected chi connectivity index (χ2v) is 8.58. The van der Waals surface area contributed by atoms with E-state index in [4.69, 9.17) is 4.74 Å². The number of halogens is 2. The van der Waals surface area contributed by atoms with Crippen LogP contribution in [0.3, 0.4) is 0 Å². The fraction of sp³-hybridized carbons (Fsp3) is 0.545. The van der Waals surface area contributed by atoms with Gasteiger partial charge in [0.15, 0.2) is 12.0 Å². The number of ketones is 1. The van der Waals surface area contributed by atoms with Gasteiger partial charge in [0.2, 0.25) is 0 Å². The molecule has 2 aliphatic heterocycles. The quantitative estimate of drug-likeness (QED) is 0.769. The second-order valence-electron chi connectivity index (χ2n) is 8.58. The number of carbonyl (C=O) groups excluding carboxylic acids is 1. The number of carboxylic acids is 1. The molecule has 0 aromatic heterocycles. The lowest BCUT2D eigenvalue weighted by atomic mass is 9.70. The Hall–Kier alpha value is -2.28. The van der Waals surface area contributed by atoms with Crippen LogP contribution >= 0.6 is 0 Å². The van der Waals surface area contributed by atoms with Crippen molar-refractivity contribution in [3.8, 4) is 0 Å². The number of ether oxygens (including phenoxy) is 1. The number of rotatable bonds is 2. The van der Waals surface area contributed by atoms with Crippen LogP contribution in [0.25, 0.3) is 0 Å². The predicted octanol–water partition coefficient (Wildman–Crippen LogP) is 3.01. The first-order chi connectivity index (χ1) is 14.0. The number of carboxylic acid groups (broad SMARTS) is 1. The van der Waals surface area contributed by atoms with E-state index in [1.165, 1.54) is 11.8 Å². The normalized spacial score (nSPS) is 41.2. The predicted molar refractivity (Wildman–Crippen MR) is 99.7 cm³/mol. The number of hydrogen-bond donors (Lipinski definition) is 1. The molecule has 8 unspecified atom stereocenters. The fourth-order valence-corrected chi connectivity index (χ4v) is 5.74. The van der Waals surface area contributed by atoms with Crippen LogP contribution < -0.4 is 0 Å². The zero-order chi connectivity index (χ0) is 20.3. The summed E-state index contributed by atoms with van der Waals surface area (Å²) in [6, 6.07) is 9.27. The highest BCUT2D eigenvalue weighted by molar-refractivity contribution is 6.18. The number of morpholine rings is 1. The standard InChI is InChI=1S/C22H23F2NO4/c23-15-9-13-19-21(18(15)24)29-17-8-12(11-4-2-1-3-5-11)6-7-16(17)25(19)10-14(20(13)26)22(27)28/h1-5,10,12-13,15-19,21H,6-9H2,(H,27,28). The summed E-state index contributed by atoms with van der Waals surface area (Å²) in [7, 11) is 0. The minimum atomic E-state index is -1.83. The van der Waals surface area contributed by atoms with Crippen LogP contribution in [-0.2, 0) is 14.3 Å². The van der Waals surface area contributed by atoms with E-state index in [1.54, 1.807) is 0 Å². The zero-order valence-electron chi connectivity index (χ0n) is 15.8. The molecule has 1 aromatic carbocycles. The third-order valence-electron chi connectivity index (χ3n) is 7.09. The molecule has 154 valence electrons. The van der Waals surface area contributed by atoms with Gasteiger partial charge in [0.05, 0.1) is 18.2 Å². The van der Waals surface area contributed by atoms with Crippen LogP contribution in [0.2, 0.25) is 0 Å². The molecule has 1 aromatic rings. The maximum atomic E-state index is 14.8. The molecule has 5 nitrogen and oxygen atoms in total. The van der Waals surface area contributed by atoms with Crippen LogP contribution in [0, 0.1) is 5.92 Å². The summed E-state index contributed by atoms with van der Waals surface area (Å²) in [6.45, 7) is 0. The Morgan fingerprint density at radius 2 is 1.90 bits per heavy atom. The molecule has 1 saturated heterocycles. The Labute approximate surface area is 167 Å². The van der Waals surface area contributed by atoms with Gasteiger partial charge < -0.3 is 14.7 Å². The number of carbonyl (C=O) groups is 2. The molecule has 0 amide bonds. The summed E-state index contributed by atoms with van der Waals surface area (Å²) in [5, 5.41) is 9.49. The second kappa shape index (κ2) is 6.90. The number of aliphatic carboxylic acids is 1. The van der Waals surface area contributed by atoms with Gasteiger partial charge in [0.1, 0.15) is 17.8 Å². The maximum absolute atomic E-state index is 14.8. The summed E-state index contributed by atoms with van der Waals surface area (Å²) >= 11 is 0. The average Bonchev–Trinajstić information content (AvgIpc) is 2.73. The SMILES string of the molecule is O=C(O)C1=CN2C3CCC(c4ccccc4)CC3OC3C(F)C(F)CC(C1=O)C32. The van der Waals surface area contributed by atoms with Gasteiger partial charge in [0, 0.05) is 12.1 Å². The minimum Gasteiger partial charge on any atom is -0.478 e. The molecule has 0 radical (unpaired) electrons. The third-order valence-corrected chi connectivity index (χ3v) is 7.09. The van der Waals surface area contributed by atoms with E-state index in [1.807, 2.05) is 23.1 Å². The van der Waals surface area contributed by atoms with E-state index in [-0.39, 0.29) is 30.1 Å². The lowest BCUT2D eigenvalue weighted by Gasteiger charge is -2.58. The van der Waals surface area contributed by atoms with Gasteiger partial charge in [-0.1, -0.05) is 30.3 Å². The molecule has 7 heteroatoms. The van der Waals surface area contributed by atoms with Crippen molar-refractivity contribution in [1.82, 2.24) is 4.90 Å². The molecule has 2 saturated carbocycles. The van der Waals surface area contributed by atoms with Crippen LogP contribution in [0.1, 0.15) is 37.2 Å². The Balaban J connectivity index is 1.50. The van der Waals surface area contributed by atoms with Crippen molar-refractivity contribution < 1.29 is 28.2 Å². The Morgan fingerprint density at radius 3 is 2.62 bits per heavy atom. The van der Waals surface area contributed by atoms with Gasteiger partial charge >= 0.3 is 5.97 Å². The molecule has 0 spiro atoms. The molecule has 4 aliphatic rings. The van der Waals surface area contributed by atoms with Crippen molar-refractivity contribution in [2.75, 3.05) is 0 Å². The number of alkyl halides is 2. The summed E-state index contributed by atoms with van der Waals surface area (Å²) in [6.07, 6.45) is -1.67. The molecule has 3 fully saturated rings. The number of nitrogens with zero attached hydrogens (tertiary/aromatic N) is 1. The van der Waals surface area contributed by atoms with E-state index in [9.17, 15) is 23.5 Å². The minimum absolute atomic E-state index is 0.135. The monoisotopic (exact) mass is 403 g/mol. The van der Waals surface area contributed by atoms with Crippen molar-refractivity contribution in [2.24, 2.45) is 5.92 Å². The number of hydrogen-bond acceptors (Lipinski definition) is 4. The number of fused-ring (bicyclic) bond motifs is 2. The molecule has 2 heterocycles. The van der Waals surface area contributed by atoms with Crippen LogP contribution in [0.15, 0.2) is 42.1 Å². The lowest BCUT2D eigenvalue weighted by Crippen LogP contribution is -2.70. The first-order valence-corrected chi connectivity index (χ1v) is 10.2. The summed E-state index contributed by atoms with van der Waals surface area (Å²) in [5.41, 5.74) is 0.856. The maximum Gasteiger partial charge on any atom is 0.340 e. The van der Waals surface area contributed by atoms with Gasteiger partial charge in [-0.3, -0.25) is 4.79 Å². The van der Waals surface area contributed by atoms with Gasteiger partial charge in [-0.05, 0) is 37.2 Å². The highest BCUT2D eigenvalue weighted by atomic mass is 19.2. The molecule has 8 atom stereocenters. The molecule has 5 rings (SSSR count). The van der Waals surface area contributed by atoms with Gasteiger partial charge in [-0.2, -0.15) is 0 Å². The molecule has 1 N–H and O–H groups in total. The van der Waals surface area contributed by atoms with Crippen LogP contribution in [0.5, 0.6) is 0 Å². The molecular weight excluding hydrogens is 380 g/mol. The largest absolute Gasteiger partial charge is 0.478 e. The van der Waals surface area contributed by atoms with E-state index in [0.29, 0.717) is 6.42 Å². The molecule has 29 heavy (non-hydrogen) atoms. The topological polar surface area (TPSA) is 66.8 Å². The van der Waals surface area contributed by atoms with Crippen molar-refractivity contribution in [3.05, 3.63) is 47.7 Å². The molecule has 0 bridgehead atoms. The Morgan fingerprint density at radius 1 is 1.14 bits per heavy atom. The van der Waals surface area contributed by atoms with Crippen LogP contribution in [0.4, 0.5) is 8.78 Å².